The maximum absolute atomic E-state index is 11.3. The van der Waals surface area contributed by atoms with Crippen molar-refractivity contribution in [2.24, 2.45) is 0 Å². The van der Waals surface area contributed by atoms with Gasteiger partial charge in [0.25, 0.3) is 0 Å². The minimum atomic E-state index is -0.315. The number of hydrogen-bond donors (Lipinski definition) is 1. The predicted octanol–water partition coefficient (Wildman–Crippen LogP) is 2.57. The minimum absolute atomic E-state index is 0. The number of aromatic nitrogens is 1. The van der Waals surface area contributed by atoms with Crippen LogP contribution in [0.1, 0.15) is 20.8 Å². The van der Waals surface area contributed by atoms with Crippen LogP contribution in [0.25, 0.3) is 0 Å². The van der Waals surface area contributed by atoms with E-state index in [1.807, 2.05) is 19.2 Å². The molecule has 0 aliphatic carbocycles. The first-order chi connectivity index (χ1) is 9.58. The molecule has 2 rings (SSSR count). The number of nitrogens with two attached hydrogens (primary N) is 1. The zero-order valence-corrected chi connectivity index (χ0v) is 13.5. The van der Waals surface area contributed by atoms with Crippen molar-refractivity contribution in [3.8, 4) is 0 Å². The van der Waals surface area contributed by atoms with Crippen LogP contribution in [-0.2, 0) is 17.8 Å². The zero-order chi connectivity index (χ0) is 14.5. The summed E-state index contributed by atoms with van der Waals surface area (Å²) in [5.41, 5.74) is 7.31. The molecule has 114 valence electrons. The van der Waals surface area contributed by atoms with Crippen LogP contribution in [-0.4, -0.2) is 30.0 Å². The van der Waals surface area contributed by atoms with Gasteiger partial charge in [-0.25, -0.2) is 9.78 Å². The number of benzene rings is 1. The monoisotopic (exact) mass is 327 g/mol. The van der Waals surface area contributed by atoms with E-state index in [0.717, 1.165) is 23.5 Å². The Bertz CT molecular complexity index is 586. The van der Waals surface area contributed by atoms with E-state index in [-0.39, 0.29) is 18.4 Å². The molecule has 0 atom stereocenters. The second-order valence-electron chi connectivity index (χ2n) is 4.53. The lowest BCUT2D eigenvalue weighted by molar-refractivity contribution is 0.0600. The van der Waals surface area contributed by atoms with Gasteiger partial charge in [-0.2, -0.15) is 0 Å². The van der Waals surface area contributed by atoms with Crippen molar-refractivity contribution in [1.82, 2.24) is 9.88 Å². The number of thiazole rings is 1. The van der Waals surface area contributed by atoms with E-state index in [0.29, 0.717) is 10.7 Å². The highest BCUT2D eigenvalue weighted by molar-refractivity contribution is 7.15. The number of methoxy groups -OCH3 is 1. The van der Waals surface area contributed by atoms with Crippen molar-refractivity contribution < 1.29 is 9.53 Å². The third-order valence-electron chi connectivity index (χ3n) is 2.82. The van der Waals surface area contributed by atoms with Crippen molar-refractivity contribution in [3.05, 3.63) is 46.5 Å². The van der Waals surface area contributed by atoms with Gasteiger partial charge < -0.3 is 10.5 Å². The molecule has 1 aromatic carbocycles. The molecule has 1 heterocycles. The number of carbonyl (C=O) groups is 1. The third-order valence-corrected chi connectivity index (χ3v) is 3.64. The summed E-state index contributed by atoms with van der Waals surface area (Å²) in [5.74, 6) is -0.315. The van der Waals surface area contributed by atoms with Gasteiger partial charge in [-0.1, -0.05) is 12.1 Å². The molecule has 0 aliphatic heterocycles. The second-order valence-corrected chi connectivity index (χ2v) is 5.67. The van der Waals surface area contributed by atoms with Gasteiger partial charge in [-0.05, 0) is 24.7 Å². The van der Waals surface area contributed by atoms with Gasteiger partial charge in [0.15, 0.2) is 5.13 Å². The molecule has 0 saturated heterocycles. The number of ether oxygens (including phenoxy) is 1. The quantitative estimate of drug-likeness (QED) is 0.855. The summed E-state index contributed by atoms with van der Waals surface area (Å²) in [7, 11) is 3.41. The Kier molecular flexibility index (Phi) is 6.61. The molecule has 5 nitrogen and oxygen atoms in total. The van der Waals surface area contributed by atoms with Crippen LogP contribution in [0.2, 0.25) is 0 Å². The van der Waals surface area contributed by atoms with Crippen molar-refractivity contribution >= 4 is 34.8 Å². The van der Waals surface area contributed by atoms with Gasteiger partial charge in [0, 0.05) is 24.2 Å². The van der Waals surface area contributed by atoms with Crippen LogP contribution in [0.3, 0.4) is 0 Å². The summed E-state index contributed by atoms with van der Waals surface area (Å²) in [5, 5.41) is 0.593. The van der Waals surface area contributed by atoms with Crippen molar-refractivity contribution in [1.29, 1.82) is 0 Å². The Hall–Kier alpha value is -1.63. The molecule has 0 radical (unpaired) electrons. The molecule has 0 saturated carbocycles. The normalized spacial score (nSPS) is 10.2. The Morgan fingerprint density at radius 3 is 2.52 bits per heavy atom. The molecule has 7 heteroatoms. The van der Waals surface area contributed by atoms with Crippen LogP contribution >= 0.6 is 23.7 Å². The highest BCUT2D eigenvalue weighted by Gasteiger charge is 2.07. The number of rotatable bonds is 5. The molecule has 2 N–H and O–H groups in total. The summed E-state index contributed by atoms with van der Waals surface area (Å²) < 4.78 is 4.67. The summed E-state index contributed by atoms with van der Waals surface area (Å²) in [6.45, 7) is 1.59. The number of halogens is 1. The molecule has 0 fully saturated rings. The lowest BCUT2D eigenvalue weighted by Crippen LogP contribution is -2.16. The Morgan fingerprint density at radius 2 is 2.00 bits per heavy atom. The molecular formula is C14H18ClN3O2S. The lowest BCUT2D eigenvalue weighted by Gasteiger charge is -2.15. The van der Waals surface area contributed by atoms with Crippen molar-refractivity contribution in [3.63, 3.8) is 0 Å². The fourth-order valence-corrected chi connectivity index (χ4v) is 2.66. The summed E-state index contributed by atoms with van der Waals surface area (Å²) in [6.07, 6.45) is 1.80. The van der Waals surface area contributed by atoms with E-state index in [2.05, 4.69) is 14.6 Å². The molecule has 0 bridgehead atoms. The third kappa shape index (κ3) is 5.00. The first-order valence-electron chi connectivity index (χ1n) is 6.14. The fourth-order valence-electron chi connectivity index (χ4n) is 1.89. The highest BCUT2D eigenvalue weighted by atomic mass is 35.5. The van der Waals surface area contributed by atoms with Crippen LogP contribution in [0.5, 0.6) is 0 Å². The SMILES string of the molecule is COC(=O)c1ccc(CN(C)Cc2cnc(N)s2)cc1.Cl. The minimum Gasteiger partial charge on any atom is -0.465 e. The second kappa shape index (κ2) is 7.97. The summed E-state index contributed by atoms with van der Waals surface area (Å²) >= 11 is 1.50. The van der Waals surface area contributed by atoms with Gasteiger partial charge in [-0.3, -0.25) is 4.90 Å². The van der Waals surface area contributed by atoms with Gasteiger partial charge >= 0.3 is 5.97 Å². The molecule has 0 aliphatic rings. The highest BCUT2D eigenvalue weighted by Crippen LogP contribution is 2.17. The lowest BCUT2D eigenvalue weighted by atomic mass is 10.1. The Labute approximate surface area is 134 Å². The fraction of sp³-hybridized carbons (Fsp3) is 0.286. The largest absolute Gasteiger partial charge is 0.465 e. The van der Waals surface area contributed by atoms with E-state index in [1.54, 1.807) is 18.3 Å². The number of carbonyl (C=O) groups excluding carboxylic acids is 1. The number of hydrogen-bond acceptors (Lipinski definition) is 6. The van der Waals surface area contributed by atoms with Crippen LogP contribution in [0, 0.1) is 0 Å². The smallest absolute Gasteiger partial charge is 0.337 e. The van der Waals surface area contributed by atoms with Gasteiger partial charge in [-0.15, -0.1) is 23.7 Å². The topological polar surface area (TPSA) is 68.5 Å². The molecule has 21 heavy (non-hydrogen) atoms. The predicted molar refractivity (Wildman–Crippen MR) is 86.7 cm³/mol. The Balaban J connectivity index is 0.00000220. The number of anilines is 1. The number of nitrogens with zero attached hydrogens (tertiary/aromatic N) is 2. The average Bonchev–Trinajstić information content (AvgIpc) is 2.84. The van der Waals surface area contributed by atoms with E-state index in [4.69, 9.17) is 5.73 Å². The first kappa shape index (κ1) is 17.4. The van der Waals surface area contributed by atoms with Crippen LogP contribution in [0.4, 0.5) is 5.13 Å². The summed E-state index contributed by atoms with van der Waals surface area (Å²) in [4.78, 5) is 18.7. The molecular weight excluding hydrogens is 310 g/mol. The van der Waals surface area contributed by atoms with Crippen LogP contribution < -0.4 is 5.73 Å². The molecule has 2 aromatic rings. The summed E-state index contributed by atoms with van der Waals surface area (Å²) in [6, 6.07) is 7.42. The maximum Gasteiger partial charge on any atom is 0.337 e. The average molecular weight is 328 g/mol. The molecule has 1 aromatic heterocycles. The van der Waals surface area contributed by atoms with E-state index >= 15 is 0 Å². The van der Waals surface area contributed by atoms with E-state index in [1.165, 1.54) is 18.4 Å². The van der Waals surface area contributed by atoms with Gasteiger partial charge in [0.2, 0.25) is 0 Å². The van der Waals surface area contributed by atoms with Gasteiger partial charge in [0.05, 0.1) is 12.7 Å². The van der Waals surface area contributed by atoms with Crippen LogP contribution in [0.15, 0.2) is 30.5 Å². The maximum atomic E-state index is 11.3. The van der Waals surface area contributed by atoms with E-state index < -0.39 is 0 Å². The van der Waals surface area contributed by atoms with Gasteiger partial charge in [0.1, 0.15) is 0 Å². The molecule has 0 amide bonds. The number of nitrogen functional groups attached to an aromatic ring is 1. The Morgan fingerprint density at radius 1 is 1.33 bits per heavy atom. The first-order valence-corrected chi connectivity index (χ1v) is 6.96. The zero-order valence-electron chi connectivity index (χ0n) is 11.9. The van der Waals surface area contributed by atoms with Crippen molar-refractivity contribution in [2.45, 2.75) is 13.1 Å². The van der Waals surface area contributed by atoms with E-state index in [9.17, 15) is 4.79 Å². The molecule has 0 spiro atoms. The number of esters is 1. The van der Waals surface area contributed by atoms with Crippen molar-refractivity contribution in [2.75, 3.05) is 19.9 Å². The standard InChI is InChI=1S/C14H17N3O2S.ClH/c1-17(9-12-7-16-14(15)20-12)8-10-3-5-11(6-4-10)13(18)19-2;/h3-7H,8-9H2,1-2H3,(H2,15,16);1H. The molecule has 0 unspecified atom stereocenters.